The molecule has 0 aliphatic heterocycles. The molecule has 2 aromatic rings. The van der Waals surface area contributed by atoms with Crippen LogP contribution in [0.5, 0.6) is 0 Å². The highest BCUT2D eigenvalue weighted by Crippen LogP contribution is 2.00. The van der Waals surface area contributed by atoms with E-state index in [1.165, 1.54) is 24.9 Å². The van der Waals surface area contributed by atoms with Crippen molar-refractivity contribution in [1.29, 1.82) is 0 Å². The summed E-state index contributed by atoms with van der Waals surface area (Å²) < 4.78 is 2.13. The molecule has 0 spiro atoms. The molecule has 82 valence electrons. The number of aryl methyl sites for hydroxylation is 1. The molecule has 7 nitrogen and oxygen atoms in total. The van der Waals surface area contributed by atoms with Crippen LogP contribution in [0.3, 0.4) is 0 Å². The zero-order chi connectivity index (χ0) is 11.9. The van der Waals surface area contributed by atoms with Gasteiger partial charge in [-0.15, -0.1) is 0 Å². The molecule has 7 heteroatoms. The van der Waals surface area contributed by atoms with Crippen molar-refractivity contribution in [3.63, 3.8) is 0 Å². The quantitative estimate of drug-likeness (QED) is 0.566. The van der Waals surface area contributed by atoms with Gasteiger partial charge in [-0.3, -0.25) is 18.7 Å². The van der Waals surface area contributed by atoms with Crippen LogP contribution in [0.1, 0.15) is 10.5 Å². The fraction of sp³-hybridized carbons (Fsp3) is 0.222. The van der Waals surface area contributed by atoms with Crippen LogP contribution >= 0.6 is 0 Å². The van der Waals surface area contributed by atoms with Gasteiger partial charge in [0.2, 0.25) is 0 Å². The Morgan fingerprint density at radius 1 is 1.25 bits per heavy atom. The van der Waals surface area contributed by atoms with Crippen LogP contribution < -0.4 is 11.2 Å². The van der Waals surface area contributed by atoms with Gasteiger partial charge in [-0.2, -0.15) is 0 Å². The normalized spacial score (nSPS) is 10.6. The summed E-state index contributed by atoms with van der Waals surface area (Å²) in [6.45, 7) is 0. The van der Waals surface area contributed by atoms with Gasteiger partial charge in [0.1, 0.15) is 5.69 Å². The number of fused-ring (bicyclic) bond motifs is 1. The molecule has 0 amide bonds. The monoisotopic (exact) mass is 220 g/mol. The summed E-state index contributed by atoms with van der Waals surface area (Å²) in [6, 6.07) is 0. The Balaban J connectivity index is 3.09. The maximum atomic E-state index is 11.7. The highest BCUT2D eigenvalue weighted by Gasteiger charge is 2.10. The number of carbonyl (C=O) groups excluding carboxylic acids is 1. The van der Waals surface area contributed by atoms with Crippen LogP contribution in [0.2, 0.25) is 0 Å². The van der Waals surface area contributed by atoms with Gasteiger partial charge in [-0.1, -0.05) is 0 Å². The summed E-state index contributed by atoms with van der Waals surface area (Å²) in [7, 11) is 2.83. The largest absolute Gasteiger partial charge is 0.332 e. The fourth-order valence-electron chi connectivity index (χ4n) is 1.40. The lowest BCUT2D eigenvalue weighted by molar-refractivity contribution is 0.111. The van der Waals surface area contributed by atoms with Gasteiger partial charge in [0.05, 0.1) is 6.20 Å². The van der Waals surface area contributed by atoms with Crippen LogP contribution in [0.4, 0.5) is 0 Å². The minimum atomic E-state index is -0.561. The first kappa shape index (κ1) is 10.2. The minimum absolute atomic E-state index is 0.00852. The smallest absolute Gasteiger partial charge is 0.296 e. The number of nitrogens with zero attached hydrogens (tertiary/aromatic N) is 4. The number of aromatic nitrogens is 4. The van der Waals surface area contributed by atoms with Crippen molar-refractivity contribution >= 4 is 17.5 Å². The summed E-state index contributed by atoms with van der Waals surface area (Å²) >= 11 is 0. The zero-order valence-electron chi connectivity index (χ0n) is 8.67. The third-order valence-corrected chi connectivity index (χ3v) is 2.29. The molecule has 0 bridgehead atoms. The molecule has 0 aromatic carbocycles. The van der Waals surface area contributed by atoms with Crippen molar-refractivity contribution in [2.24, 2.45) is 14.1 Å². The van der Waals surface area contributed by atoms with Crippen molar-refractivity contribution in [1.82, 2.24) is 19.1 Å². The first-order valence-electron chi connectivity index (χ1n) is 4.44. The molecule has 16 heavy (non-hydrogen) atoms. The van der Waals surface area contributed by atoms with E-state index in [1.54, 1.807) is 0 Å². The summed E-state index contributed by atoms with van der Waals surface area (Å²) in [5.41, 5.74) is -0.809. The van der Waals surface area contributed by atoms with Crippen LogP contribution in [0, 0.1) is 0 Å². The number of rotatable bonds is 1. The van der Waals surface area contributed by atoms with Gasteiger partial charge in [0.15, 0.2) is 17.5 Å². The van der Waals surface area contributed by atoms with E-state index >= 15 is 0 Å². The van der Waals surface area contributed by atoms with Crippen LogP contribution in [-0.4, -0.2) is 25.4 Å². The van der Waals surface area contributed by atoms with Crippen molar-refractivity contribution in [3.8, 4) is 0 Å². The van der Waals surface area contributed by atoms with Crippen molar-refractivity contribution in [3.05, 3.63) is 32.7 Å². The topological polar surface area (TPSA) is 86.8 Å². The van der Waals surface area contributed by atoms with E-state index < -0.39 is 11.2 Å². The Morgan fingerprint density at radius 3 is 2.56 bits per heavy atom. The molecule has 0 aliphatic rings. The number of carbonyl (C=O) groups is 1. The van der Waals surface area contributed by atoms with Crippen molar-refractivity contribution in [2.45, 2.75) is 0 Å². The number of hydrogen-bond acceptors (Lipinski definition) is 5. The third-order valence-electron chi connectivity index (χ3n) is 2.29. The maximum Gasteiger partial charge on any atom is 0.332 e. The van der Waals surface area contributed by atoms with Gasteiger partial charge in [-0.05, 0) is 0 Å². The predicted molar refractivity (Wildman–Crippen MR) is 55.4 cm³/mol. The summed E-state index contributed by atoms with van der Waals surface area (Å²) in [6.07, 6.45) is 1.71. The Bertz CT molecular complexity index is 698. The summed E-state index contributed by atoms with van der Waals surface area (Å²) in [4.78, 5) is 41.5. The first-order valence-corrected chi connectivity index (χ1v) is 4.44. The molecule has 0 fully saturated rings. The second-order valence-electron chi connectivity index (χ2n) is 3.29. The Kier molecular flexibility index (Phi) is 2.15. The van der Waals surface area contributed by atoms with E-state index in [1.807, 2.05) is 0 Å². The Hall–Kier alpha value is -2.31. The van der Waals surface area contributed by atoms with Gasteiger partial charge < -0.3 is 0 Å². The second-order valence-corrected chi connectivity index (χ2v) is 3.29. The van der Waals surface area contributed by atoms with Crippen LogP contribution in [-0.2, 0) is 14.1 Å². The lowest BCUT2D eigenvalue weighted by atomic mass is 10.4. The van der Waals surface area contributed by atoms with E-state index in [-0.39, 0.29) is 16.9 Å². The number of aldehydes is 1. The second kappa shape index (κ2) is 3.37. The molecule has 2 heterocycles. The minimum Gasteiger partial charge on any atom is -0.296 e. The molecule has 2 rings (SSSR count). The maximum absolute atomic E-state index is 11.7. The molecule has 0 aliphatic carbocycles. The Labute approximate surface area is 89.0 Å². The average molecular weight is 220 g/mol. The van der Waals surface area contributed by atoms with Crippen LogP contribution in [0.15, 0.2) is 15.8 Å². The predicted octanol–water partition coefficient (Wildman–Crippen LogP) is -1.16. The lowest BCUT2D eigenvalue weighted by Crippen LogP contribution is -2.37. The number of hydrogen-bond donors (Lipinski definition) is 0. The van der Waals surface area contributed by atoms with E-state index in [2.05, 4.69) is 9.97 Å². The molecule has 0 unspecified atom stereocenters. The van der Waals surface area contributed by atoms with Gasteiger partial charge in [-0.25, -0.2) is 14.8 Å². The fourth-order valence-corrected chi connectivity index (χ4v) is 1.40. The molecule has 2 aromatic heterocycles. The standard InChI is InChI=1S/C9H8N4O3/c1-12-7-6(8(15)13(2)9(12)16)11-5(4-14)3-10-7/h3-4H,1-2H3. The van der Waals surface area contributed by atoms with Crippen LogP contribution in [0.25, 0.3) is 11.2 Å². The molecule has 0 saturated heterocycles. The van der Waals surface area contributed by atoms with E-state index in [4.69, 9.17) is 0 Å². The molecule has 0 N–H and O–H groups in total. The first-order chi connectivity index (χ1) is 7.56. The van der Waals surface area contributed by atoms with Crippen molar-refractivity contribution < 1.29 is 4.79 Å². The lowest BCUT2D eigenvalue weighted by Gasteiger charge is -2.05. The Morgan fingerprint density at radius 2 is 1.94 bits per heavy atom. The molecule has 0 radical (unpaired) electrons. The van der Waals surface area contributed by atoms with E-state index in [9.17, 15) is 14.4 Å². The molecular weight excluding hydrogens is 212 g/mol. The summed E-state index contributed by atoms with van der Waals surface area (Å²) in [5.74, 6) is 0. The highest BCUT2D eigenvalue weighted by molar-refractivity contribution is 5.77. The van der Waals surface area contributed by atoms with Gasteiger partial charge >= 0.3 is 5.69 Å². The van der Waals surface area contributed by atoms with E-state index in [0.717, 1.165) is 4.57 Å². The van der Waals surface area contributed by atoms with E-state index in [0.29, 0.717) is 6.29 Å². The molecule has 0 saturated carbocycles. The van der Waals surface area contributed by atoms with Gasteiger partial charge in [0.25, 0.3) is 5.56 Å². The zero-order valence-corrected chi connectivity index (χ0v) is 8.67. The van der Waals surface area contributed by atoms with Gasteiger partial charge in [0, 0.05) is 14.1 Å². The summed E-state index contributed by atoms with van der Waals surface area (Å²) in [5, 5.41) is 0. The molecular formula is C9H8N4O3. The molecule has 0 atom stereocenters. The third kappa shape index (κ3) is 1.25. The highest BCUT2D eigenvalue weighted by atomic mass is 16.2. The SMILES string of the molecule is Cn1c(=O)c2nc(C=O)cnc2n(C)c1=O. The average Bonchev–Trinajstić information content (AvgIpc) is 2.33. The van der Waals surface area contributed by atoms with Crippen molar-refractivity contribution in [2.75, 3.05) is 0 Å².